The number of rotatable bonds is 2. The van der Waals surface area contributed by atoms with Crippen LogP contribution < -0.4 is 5.73 Å². The summed E-state index contributed by atoms with van der Waals surface area (Å²) in [7, 11) is 1.27. The van der Waals surface area contributed by atoms with Crippen LogP contribution in [0.25, 0.3) is 16.6 Å². The normalized spacial score (nSPS) is 10.8. The van der Waals surface area contributed by atoms with Gasteiger partial charge in [-0.25, -0.2) is 14.5 Å². The molecule has 0 aliphatic heterocycles. The minimum Gasteiger partial charge on any atom is -0.463 e. The first kappa shape index (κ1) is 13.5. The zero-order valence-corrected chi connectivity index (χ0v) is 12.5. The average molecular weight is 348 g/mol. The number of nitrogens with zero attached hydrogens (tertiary/aromatic N) is 4. The summed E-state index contributed by atoms with van der Waals surface area (Å²) in [4.78, 5) is 19.6. The van der Waals surface area contributed by atoms with Crippen molar-refractivity contribution in [1.29, 1.82) is 0 Å². The number of halogens is 1. The van der Waals surface area contributed by atoms with Crippen molar-refractivity contribution in [2.24, 2.45) is 0 Å². The number of nitrogen functional groups attached to an aromatic ring is 1. The fourth-order valence-electron chi connectivity index (χ4n) is 1.98. The molecule has 2 N–H and O–H groups in total. The molecule has 0 fully saturated rings. The monoisotopic (exact) mass is 347 g/mol. The predicted molar refractivity (Wildman–Crippen MR) is 80.1 cm³/mol. The lowest BCUT2D eigenvalue weighted by atomic mass is 10.1. The molecule has 21 heavy (non-hydrogen) atoms. The van der Waals surface area contributed by atoms with E-state index in [9.17, 15) is 4.79 Å². The quantitative estimate of drug-likeness (QED) is 0.711. The molecule has 2 heterocycles. The smallest absolute Gasteiger partial charge is 0.377 e. The molecule has 0 saturated carbocycles. The Morgan fingerprint density at radius 3 is 2.95 bits per heavy atom. The van der Waals surface area contributed by atoms with E-state index < -0.39 is 5.97 Å². The van der Waals surface area contributed by atoms with Gasteiger partial charge in [0, 0.05) is 9.86 Å². The molecule has 3 rings (SSSR count). The van der Waals surface area contributed by atoms with Gasteiger partial charge in [0.1, 0.15) is 12.0 Å². The van der Waals surface area contributed by atoms with Crippen LogP contribution in [0, 0.1) is 0 Å². The third-order valence-corrected chi connectivity index (χ3v) is 3.41. The fraction of sp³-hybridized carbons (Fsp3) is 0.0769. The van der Waals surface area contributed by atoms with Crippen molar-refractivity contribution in [3.8, 4) is 5.69 Å². The molecule has 0 saturated heterocycles. The maximum atomic E-state index is 11.4. The molecule has 0 amide bonds. The van der Waals surface area contributed by atoms with Crippen LogP contribution in [0.3, 0.4) is 0 Å². The van der Waals surface area contributed by atoms with Crippen LogP contribution in [0.5, 0.6) is 0 Å². The number of anilines is 1. The number of hydrogen-bond acceptors (Lipinski definition) is 6. The number of aromatic nitrogens is 4. The Morgan fingerprint density at radius 2 is 2.19 bits per heavy atom. The van der Waals surface area contributed by atoms with E-state index in [1.54, 1.807) is 6.20 Å². The SMILES string of the molecule is COC(=O)c1ncn(-c2c(N)cnc3ccc(Br)cc23)n1. The van der Waals surface area contributed by atoms with Gasteiger partial charge in [-0.15, -0.1) is 5.10 Å². The largest absolute Gasteiger partial charge is 0.463 e. The molecule has 106 valence electrons. The van der Waals surface area contributed by atoms with Crippen molar-refractivity contribution in [3.63, 3.8) is 0 Å². The third-order valence-electron chi connectivity index (χ3n) is 2.92. The molecular formula is C13H10BrN5O2. The molecule has 1 aromatic carbocycles. The van der Waals surface area contributed by atoms with E-state index in [2.05, 4.69) is 35.7 Å². The predicted octanol–water partition coefficient (Wildman–Crippen LogP) is 1.95. The number of ether oxygens (including phenoxy) is 1. The molecule has 0 unspecified atom stereocenters. The van der Waals surface area contributed by atoms with Gasteiger partial charge in [0.15, 0.2) is 0 Å². The van der Waals surface area contributed by atoms with Crippen LogP contribution in [0.15, 0.2) is 35.2 Å². The summed E-state index contributed by atoms with van der Waals surface area (Å²) >= 11 is 3.42. The van der Waals surface area contributed by atoms with Crippen molar-refractivity contribution in [1.82, 2.24) is 19.7 Å². The van der Waals surface area contributed by atoms with Crippen molar-refractivity contribution >= 4 is 38.5 Å². The summed E-state index contributed by atoms with van der Waals surface area (Å²) < 4.78 is 6.92. The molecule has 0 aliphatic carbocycles. The van der Waals surface area contributed by atoms with Gasteiger partial charge < -0.3 is 10.5 Å². The average Bonchev–Trinajstić information content (AvgIpc) is 2.95. The van der Waals surface area contributed by atoms with Gasteiger partial charge in [0.25, 0.3) is 5.82 Å². The number of nitrogens with two attached hydrogens (primary N) is 1. The van der Waals surface area contributed by atoms with Gasteiger partial charge in [-0.1, -0.05) is 15.9 Å². The topological polar surface area (TPSA) is 95.9 Å². The summed E-state index contributed by atoms with van der Waals surface area (Å²) in [6, 6.07) is 5.63. The van der Waals surface area contributed by atoms with E-state index in [0.29, 0.717) is 11.4 Å². The van der Waals surface area contributed by atoms with Crippen LogP contribution in [0.2, 0.25) is 0 Å². The Kier molecular flexibility index (Phi) is 3.30. The van der Waals surface area contributed by atoms with Crippen LogP contribution in [-0.4, -0.2) is 32.8 Å². The first-order chi connectivity index (χ1) is 10.1. The number of carbonyl (C=O) groups is 1. The maximum Gasteiger partial charge on any atom is 0.377 e. The second-order valence-electron chi connectivity index (χ2n) is 4.23. The maximum absolute atomic E-state index is 11.4. The van der Waals surface area contributed by atoms with Crippen LogP contribution in [0.1, 0.15) is 10.6 Å². The van der Waals surface area contributed by atoms with Crippen molar-refractivity contribution in [2.45, 2.75) is 0 Å². The van der Waals surface area contributed by atoms with Gasteiger partial charge in [-0.2, -0.15) is 0 Å². The van der Waals surface area contributed by atoms with Crippen LogP contribution in [-0.2, 0) is 4.74 Å². The van der Waals surface area contributed by atoms with Gasteiger partial charge in [0.2, 0.25) is 0 Å². The fourth-order valence-corrected chi connectivity index (χ4v) is 2.34. The lowest BCUT2D eigenvalue weighted by molar-refractivity contribution is 0.0587. The summed E-state index contributed by atoms with van der Waals surface area (Å²) in [5.41, 5.74) is 7.81. The van der Waals surface area contributed by atoms with Crippen molar-refractivity contribution < 1.29 is 9.53 Å². The van der Waals surface area contributed by atoms with Crippen molar-refractivity contribution in [3.05, 3.63) is 41.0 Å². The van der Waals surface area contributed by atoms with E-state index in [0.717, 1.165) is 15.4 Å². The van der Waals surface area contributed by atoms with E-state index >= 15 is 0 Å². The number of hydrogen-bond donors (Lipinski definition) is 1. The van der Waals surface area contributed by atoms with Crippen LogP contribution in [0.4, 0.5) is 5.69 Å². The summed E-state index contributed by atoms with van der Waals surface area (Å²) in [5.74, 6) is -0.635. The van der Waals surface area contributed by atoms with Crippen LogP contribution >= 0.6 is 15.9 Å². The lowest BCUT2D eigenvalue weighted by Gasteiger charge is -2.09. The molecule has 0 radical (unpaired) electrons. The number of esters is 1. The summed E-state index contributed by atoms with van der Waals surface area (Å²) in [6.45, 7) is 0. The number of methoxy groups -OCH3 is 1. The highest BCUT2D eigenvalue weighted by Crippen LogP contribution is 2.28. The minimum atomic E-state index is -0.605. The third kappa shape index (κ3) is 2.33. The number of fused-ring (bicyclic) bond motifs is 1. The standard InChI is InChI=1S/C13H10BrN5O2/c1-21-13(20)12-17-6-19(18-12)11-8-4-7(14)2-3-10(8)16-5-9(11)15/h2-6H,15H2,1H3. The highest BCUT2D eigenvalue weighted by molar-refractivity contribution is 9.10. The molecular weight excluding hydrogens is 338 g/mol. The Morgan fingerprint density at radius 1 is 1.38 bits per heavy atom. The zero-order valence-electron chi connectivity index (χ0n) is 10.9. The molecule has 8 heteroatoms. The van der Waals surface area contributed by atoms with E-state index in [1.165, 1.54) is 18.1 Å². The summed E-state index contributed by atoms with van der Waals surface area (Å²) in [5, 5.41) is 4.90. The Balaban J connectivity index is 2.23. The van der Waals surface area contributed by atoms with Gasteiger partial charge in [-0.05, 0) is 18.2 Å². The van der Waals surface area contributed by atoms with Gasteiger partial charge in [-0.3, -0.25) is 4.98 Å². The Labute approximate surface area is 127 Å². The molecule has 0 atom stereocenters. The highest BCUT2D eigenvalue weighted by Gasteiger charge is 2.15. The first-order valence-electron chi connectivity index (χ1n) is 5.94. The second kappa shape index (κ2) is 5.13. The van der Waals surface area contributed by atoms with E-state index in [4.69, 9.17) is 5.73 Å². The highest BCUT2D eigenvalue weighted by atomic mass is 79.9. The molecule has 2 aromatic heterocycles. The Hall–Kier alpha value is -2.48. The number of pyridine rings is 1. The number of carbonyl (C=O) groups excluding carboxylic acids is 1. The van der Waals surface area contributed by atoms with Gasteiger partial charge in [0.05, 0.1) is 24.5 Å². The lowest BCUT2D eigenvalue weighted by Crippen LogP contribution is -2.07. The number of benzene rings is 1. The molecule has 0 spiro atoms. The first-order valence-corrected chi connectivity index (χ1v) is 6.73. The molecule has 7 nitrogen and oxygen atoms in total. The second-order valence-corrected chi connectivity index (χ2v) is 5.14. The molecule has 3 aromatic rings. The molecule has 0 bridgehead atoms. The molecule has 0 aliphatic rings. The zero-order chi connectivity index (χ0) is 15.0. The van der Waals surface area contributed by atoms with Gasteiger partial charge >= 0.3 is 5.97 Å². The summed E-state index contributed by atoms with van der Waals surface area (Å²) in [6.07, 6.45) is 2.96. The Bertz CT molecular complexity index is 840. The van der Waals surface area contributed by atoms with E-state index in [1.807, 2.05) is 18.2 Å². The minimum absolute atomic E-state index is 0.0307. The van der Waals surface area contributed by atoms with E-state index in [-0.39, 0.29) is 5.82 Å². The van der Waals surface area contributed by atoms with Crippen molar-refractivity contribution in [2.75, 3.05) is 12.8 Å².